The fourth-order valence-corrected chi connectivity index (χ4v) is 2.74. The van der Waals surface area contributed by atoms with Crippen LogP contribution in [0.3, 0.4) is 0 Å². The van der Waals surface area contributed by atoms with Crippen LogP contribution in [0.15, 0.2) is 0 Å². The fourth-order valence-electron chi connectivity index (χ4n) is 1.57. The summed E-state index contributed by atoms with van der Waals surface area (Å²) >= 11 is 1.75. The molecule has 4 heteroatoms. The molecular weight excluding hydrogens is 222 g/mol. The van der Waals surface area contributed by atoms with Gasteiger partial charge in [0, 0.05) is 11.8 Å². The third-order valence-corrected chi connectivity index (χ3v) is 4.21. The number of thioether (sulfide) groups is 1. The minimum absolute atomic E-state index is 0.442. The van der Waals surface area contributed by atoms with Crippen molar-refractivity contribution in [2.45, 2.75) is 57.5 Å². The fraction of sp³-hybridized carbons (Fsp3) is 0.917. The van der Waals surface area contributed by atoms with E-state index in [9.17, 15) is 9.90 Å². The largest absolute Gasteiger partial charge is 0.480 e. The summed E-state index contributed by atoms with van der Waals surface area (Å²) in [5, 5.41) is 12.5. The Morgan fingerprint density at radius 2 is 2.19 bits per heavy atom. The number of carbonyl (C=O) groups is 1. The van der Waals surface area contributed by atoms with Gasteiger partial charge in [-0.25, -0.2) is 0 Å². The van der Waals surface area contributed by atoms with Gasteiger partial charge in [-0.1, -0.05) is 19.8 Å². The molecule has 1 aliphatic carbocycles. The summed E-state index contributed by atoms with van der Waals surface area (Å²) in [5.74, 6) is 1.02. The maximum atomic E-state index is 11.2. The lowest BCUT2D eigenvalue weighted by atomic mass is 10.1. The number of nitrogens with one attached hydrogen (secondary N) is 1. The van der Waals surface area contributed by atoms with Gasteiger partial charge in [-0.05, 0) is 31.9 Å². The summed E-state index contributed by atoms with van der Waals surface area (Å²) in [4.78, 5) is 11.2. The Morgan fingerprint density at radius 3 is 2.69 bits per heavy atom. The van der Waals surface area contributed by atoms with Crippen molar-refractivity contribution in [1.82, 2.24) is 5.32 Å². The van der Waals surface area contributed by atoms with Crippen molar-refractivity contribution >= 4 is 17.7 Å². The van der Waals surface area contributed by atoms with Gasteiger partial charge in [0.25, 0.3) is 0 Å². The lowest BCUT2D eigenvalue weighted by molar-refractivity contribution is -0.143. The van der Waals surface area contributed by atoms with E-state index in [2.05, 4.69) is 12.2 Å². The average molecular weight is 245 g/mol. The van der Waals surface area contributed by atoms with Gasteiger partial charge in [0.15, 0.2) is 0 Å². The summed E-state index contributed by atoms with van der Waals surface area (Å²) in [6, 6.07) is 0.442. The van der Waals surface area contributed by atoms with Crippen LogP contribution in [0.5, 0.6) is 0 Å². The van der Waals surface area contributed by atoms with Gasteiger partial charge < -0.3 is 5.11 Å². The van der Waals surface area contributed by atoms with Gasteiger partial charge in [0.05, 0.1) is 0 Å². The quantitative estimate of drug-likeness (QED) is 0.613. The van der Waals surface area contributed by atoms with E-state index in [-0.39, 0.29) is 0 Å². The lowest BCUT2D eigenvalue weighted by Gasteiger charge is -2.26. The minimum Gasteiger partial charge on any atom is -0.480 e. The Labute approximate surface area is 102 Å². The third kappa shape index (κ3) is 4.74. The van der Waals surface area contributed by atoms with Crippen LogP contribution in [0.1, 0.15) is 46.0 Å². The zero-order valence-electron chi connectivity index (χ0n) is 10.3. The highest BCUT2D eigenvalue weighted by Gasteiger charge is 2.38. The number of carboxylic acids is 1. The van der Waals surface area contributed by atoms with Gasteiger partial charge >= 0.3 is 5.97 Å². The molecule has 0 aromatic rings. The number of rotatable bonds is 9. The molecular formula is C12H23NO2S. The first-order chi connectivity index (χ1) is 7.58. The van der Waals surface area contributed by atoms with Gasteiger partial charge in [0.1, 0.15) is 5.54 Å². The van der Waals surface area contributed by atoms with Crippen molar-refractivity contribution in [3.8, 4) is 0 Å². The molecule has 94 valence electrons. The molecule has 0 amide bonds. The number of hydrogen-bond donors (Lipinski definition) is 2. The van der Waals surface area contributed by atoms with Gasteiger partial charge in [0.2, 0.25) is 0 Å². The second-order valence-corrected chi connectivity index (χ2v) is 5.92. The van der Waals surface area contributed by atoms with Crippen LogP contribution in [-0.2, 0) is 4.79 Å². The molecule has 1 fully saturated rings. The predicted octanol–water partition coefficient (Wildman–Crippen LogP) is 2.51. The predicted molar refractivity (Wildman–Crippen MR) is 69.0 cm³/mol. The lowest BCUT2D eigenvalue weighted by Crippen LogP contribution is -2.52. The second-order valence-electron chi connectivity index (χ2n) is 4.82. The van der Waals surface area contributed by atoms with Crippen molar-refractivity contribution in [2.24, 2.45) is 0 Å². The average Bonchev–Trinajstić information content (AvgIpc) is 3.01. The van der Waals surface area contributed by atoms with Crippen LogP contribution in [0.2, 0.25) is 0 Å². The van der Waals surface area contributed by atoms with Crippen LogP contribution in [0.4, 0.5) is 0 Å². The van der Waals surface area contributed by atoms with E-state index >= 15 is 0 Å². The molecule has 1 unspecified atom stereocenters. The Kier molecular flexibility index (Phi) is 5.62. The smallest absolute Gasteiger partial charge is 0.324 e. The first-order valence-corrected chi connectivity index (χ1v) is 7.33. The summed E-state index contributed by atoms with van der Waals surface area (Å²) in [6.45, 7) is 3.99. The minimum atomic E-state index is -0.738. The summed E-state index contributed by atoms with van der Waals surface area (Å²) in [6.07, 6.45) is 5.91. The SMILES string of the molecule is CCCCCSCC(C)(NC1CC1)C(=O)O. The molecule has 0 saturated heterocycles. The molecule has 0 aliphatic heterocycles. The molecule has 1 rings (SSSR count). The third-order valence-electron chi connectivity index (χ3n) is 2.86. The van der Waals surface area contributed by atoms with Crippen LogP contribution in [0, 0.1) is 0 Å². The molecule has 1 atom stereocenters. The Morgan fingerprint density at radius 1 is 1.50 bits per heavy atom. The van der Waals surface area contributed by atoms with E-state index in [1.165, 1.54) is 19.3 Å². The zero-order chi connectivity index (χ0) is 12.0. The Bertz CT molecular complexity index is 231. The van der Waals surface area contributed by atoms with Crippen molar-refractivity contribution < 1.29 is 9.90 Å². The molecule has 0 bridgehead atoms. The van der Waals surface area contributed by atoms with Gasteiger partial charge in [-0.15, -0.1) is 0 Å². The molecule has 1 saturated carbocycles. The number of carboxylic acid groups (broad SMARTS) is 1. The van der Waals surface area contributed by atoms with E-state index in [0.717, 1.165) is 18.6 Å². The van der Waals surface area contributed by atoms with Crippen molar-refractivity contribution in [3.05, 3.63) is 0 Å². The Balaban J connectivity index is 2.23. The topological polar surface area (TPSA) is 49.3 Å². The maximum Gasteiger partial charge on any atom is 0.324 e. The Hall–Kier alpha value is -0.220. The van der Waals surface area contributed by atoms with Crippen LogP contribution in [-0.4, -0.2) is 34.2 Å². The van der Waals surface area contributed by atoms with E-state index in [1.54, 1.807) is 18.7 Å². The molecule has 3 nitrogen and oxygen atoms in total. The van der Waals surface area contributed by atoms with Crippen molar-refractivity contribution in [1.29, 1.82) is 0 Å². The molecule has 16 heavy (non-hydrogen) atoms. The van der Waals surface area contributed by atoms with Crippen LogP contribution in [0.25, 0.3) is 0 Å². The summed E-state index contributed by atoms with van der Waals surface area (Å²) in [7, 11) is 0. The van der Waals surface area contributed by atoms with Crippen LogP contribution >= 0.6 is 11.8 Å². The molecule has 0 aromatic carbocycles. The van der Waals surface area contributed by atoms with E-state index in [0.29, 0.717) is 11.8 Å². The standard InChI is InChI=1S/C12H23NO2S/c1-3-4-5-8-16-9-12(2,11(14)15)13-10-6-7-10/h10,13H,3-9H2,1-2H3,(H,14,15). The monoisotopic (exact) mass is 245 g/mol. The first-order valence-electron chi connectivity index (χ1n) is 6.17. The molecule has 2 N–H and O–H groups in total. The van der Waals surface area contributed by atoms with E-state index in [1.807, 2.05) is 0 Å². The second kappa shape index (κ2) is 6.50. The molecule has 0 aromatic heterocycles. The molecule has 0 spiro atoms. The molecule has 0 radical (unpaired) electrons. The number of unbranched alkanes of at least 4 members (excludes halogenated alkanes) is 2. The summed E-state index contributed by atoms with van der Waals surface area (Å²) in [5.41, 5.74) is -0.738. The number of hydrogen-bond acceptors (Lipinski definition) is 3. The maximum absolute atomic E-state index is 11.2. The van der Waals surface area contributed by atoms with E-state index < -0.39 is 11.5 Å². The highest BCUT2D eigenvalue weighted by molar-refractivity contribution is 7.99. The summed E-state index contributed by atoms with van der Waals surface area (Å²) < 4.78 is 0. The van der Waals surface area contributed by atoms with E-state index in [4.69, 9.17) is 0 Å². The van der Waals surface area contributed by atoms with Gasteiger partial charge in [-0.3, -0.25) is 10.1 Å². The zero-order valence-corrected chi connectivity index (χ0v) is 11.1. The molecule has 0 heterocycles. The normalized spacial score (nSPS) is 19.4. The molecule has 1 aliphatic rings. The highest BCUT2D eigenvalue weighted by atomic mass is 32.2. The highest BCUT2D eigenvalue weighted by Crippen LogP contribution is 2.25. The van der Waals surface area contributed by atoms with Gasteiger partial charge in [-0.2, -0.15) is 11.8 Å². The van der Waals surface area contributed by atoms with Crippen LogP contribution < -0.4 is 5.32 Å². The first kappa shape index (κ1) is 13.8. The number of aliphatic carboxylic acids is 1. The van der Waals surface area contributed by atoms with Crippen molar-refractivity contribution in [3.63, 3.8) is 0 Å². The van der Waals surface area contributed by atoms with Crippen molar-refractivity contribution in [2.75, 3.05) is 11.5 Å².